The molecule has 4 aromatic rings. The topological polar surface area (TPSA) is 133 Å². The number of phenolic OH excluding ortho intramolecular Hbond substituents is 1. The zero-order valence-corrected chi connectivity index (χ0v) is 27.0. The van der Waals surface area contributed by atoms with Crippen LogP contribution in [0.15, 0.2) is 54.1 Å². The summed E-state index contributed by atoms with van der Waals surface area (Å²) in [6, 6.07) is 11.4. The van der Waals surface area contributed by atoms with E-state index in [1.165, 1.54) is 28.2 Å². The molecular weight excluding hydrogens is 647 g/mol. The van der Waals surface area contributed by atoms with Crippen LogP contribution in [0.1, 0.15) is 36.8 Å². The maximum atomic E-state index is 14.9. The van der Waals surface area contributed by atoms with E-state index in [9.17, 15) is 33.9 Å². The molecule has 0 spiro atoms. The van der Waals surface area contributed by atoms with Gasteiger partial charge in [0.2, 0.25) is 11.8 Å². The SMILES string of the molecule is Cc1c(-c2cc(N3C(=O)C4CC5C(=CCC6C(=O)N(O)C(=O)C65)C(c5cccc(F)c5O)C4(C)C3=O)n(C)n2)sc2ccc(Cl)cc12. The lowest BCUT2D eigenvalue weighted by Gasteiger charge is -2.49. The van der Waals surface area contributed by atoms with Crippen molar-refractivity contribution in [3.8, 4) is 16.3 Å². The first-order chi connectivity index (χ1) is 22.3. The number of phenols is 1. The standard InChI is InChI=1S/C34H28ClFN4O6S/c1-14-19-11-15(35)7-10-24(19)47-29(14)23-13-25(38(3)37-23)39-31(43)21-12-20-16(8-9-17-26(20)32(44)40(46)30(17)42)27(34(21,2)33(39)45)18-5-4-6-22(36)28(18)41/h4-8,10-11,13,17,20-21,26-27,41,46H,9,12H2,1-3H3. The molecule has 240 valence electrons. The quantitative estimate of drug-likeness (QED) is 0.161. The summed E-state index contributed by atoms with van der Waals surface area (Å²) in [6.45, 7) is 3.61. The summed E-state index contributed by atoms with van der Waals surface area (Å²) >= 11 is 7.77. The van der Waals surface area contributed by atoms with E-state index < -0.39 is 70.2 Å². The largest absolute Gasteiger partial charge is 0.505 e. The first-order valence-electron chi connectivity index (χ1n) is 15.2. The molecule has 13 heteroatoms. The summed E-state index contributed by atoms with van der Waals surface area (Å²) in [5.41, 5.74) is 0.706. The number of anilines is 1. The number of aryl methyl sites for hydroxylation is 2. The van der Waals surface area contributed by atoms with E-state index in [4.69, 9.17) is 11.6 Å². The maximum Gasteiger partial charge on any atom is 0.257 e. The van der Waals surface area contributed by atoms with E-state index in [1.54, 1.807) is 26.1 Å². The first kappa shape index (κ1) is 30.0. The van der Waals surface area contributed by atoms with Gasteiger partial charge in [-0.1, -0.05) is 35.4 Å². The number of aromatic hydroxyl groups is 1. The highest BCUT2D eigenvalue weighted by Crippen LogP contribution is 2.64. The highest BCUT2D eigenvalue weighted by Gasteiger charge is 2.68. The van der Waals surface area contributed by atoms with Gasteiger partial charge in [0.25, 0.3) is 11.8 Å². The number of halogens is 2. The Morgan fingerprint density at radius 1 is 1.06 bits per heavy atom. The Balaban J connectivity index is 1.27. The van der Waals surface area contributed by atoms with Gasteiger partial charge in [-0.25, -0.2) is 9.29 Å². The number of rotatable bonds is 3. The molecule has 0 bridgehead atoms. The number of amides is 4. The van der Waals surface area contributed by atoms with E-state index in [0.29, 0.717) is 16.3 Å². The Hall–Kier alpha value is -4.39. The number of hydroxylamine groups is 2. The van der Waals surface area contributed by atoms with Gasteiger partial charge in [-0.05, 0) is 67.8 Å². The van der Waals surface area contributed by atoms with Crippen LogP contribution in [0.3, 0.4) is 0 Å². The predicted octanol–water partition coefficient (Wildman–Crippen LogP) is 5.73. The number of carbonyl (C=O) groups is 4. The number of hydrogen-bond donors (Lipinski definition) is 2. The van der Waals surface area contributed by atoms with Gasteiger partial charge in [0, 0.05) is 34.3 Å². The summed E-state index contributed by atoms with van der Waals surface area (Å²) in [6.07, 6.45) is 1.92. The molecule has 8 rings (SSSR count). The van der Waals surface area contributed by atoms with Gasteiger partial charge in [-0.2, -0.15) is 10.2 Å². The normalized spacial score (nSPS) is 28.6. The van der Waals surface area contributed by atoms with Crippen LogP contribution >= 0.6 is 22.9 Å². The molecule has 47 heavy (non-hydrogen) atoms. The highest BCUT2D eigenvalue weighted by atomic mass is 35.5. The Kier molecular flexibility index (Phi) is 6.41. The minimum atomic E-state index is -1.49. The molecule has 2 aliphatic carbocycles. The molecule has 2 aromatic carbocycles. The van der Waals surface area contributed by atoms with Gasteiger partial charge in [0.15, 0.2) is 11.6 Å². The molecule has 0 radical (unpaired) electrons. The summed E-state index contributed by atoms with van der Waals surface area (Å²) in [4.78, 5) is 57.2. The van der Waals surface area contributed by atoms with Gasteiger partial charge in [0.1, 0.15) is 11.5 Å². The number of aromatic nitrogens is 2. The number of fused-ring (bicyclic) bond motifs is 5. The third-order valence-corrected chi connectivity index (χ3v) is 12.3. The van der Waals surface area contributed by atoms with Crippen LogP contribution in [0.5, 0.6) is 5.75 Å². The zero-order chi connectivity index (χ0) is 33.3. The molecule has 4 amide bonds. The van der Waals surface area contributed by atoms with Crippen molar-refractivity contribution in [2.45, 2.75) is 32.6 Å². The molecule has 1 saturated carbocycles. The Bertz CT molecular complexity index is 2140. The van der Waals surface area contributed by atoms with Crippen molar-refractivity contribution in [1.82, 2.24) is 14.8 Å². The average Bonchev–Trinajstić information content (AvgIpc) is 3.70. The molecule has 4 aliphatic rings. The van der Waals surface area contributed by atoms with Crippen molar-refractivity contribution < 1.29 is 33.9 Å². The molecule has 4 heterocycles. The summed E-state index contributed by atoms with van der Waals surface area (Å²) in [7, 11) is 1.64. The monoisotopic (exact) mass is 674 g/mol. The number of carbonyl (C=O) groups excluding carboxylic acids is 4. The number of hydrogen-bond acceptors (Lipinski definition) is 8. The van der Waals surface area contributed by atoms with Crippen molar-refractivity contribution in [3.63, 3.8) is 0 Å². The third-order valence-electron chi connectivity index (χ3n) is 10.8. The minimum absolute atomic E-state index is 0.0465. The molecule has 2 aliphatic heterocycles. The fraction of sp³-hybridized carbons (Fsp3) is 0.324. The van der Waals surface area contributed by atoms with E-state index in [0.717, 1.165) is 31.5 Å². The first-order valence-corrected chi connectivity index (χ1v) is 16.4. The summed E-state index contributed by atoms with van der Waals surface area (Å²) in [5, 5.41) is 27.7. The molecule has 10 nitrogen and oxygen atoms in total. The van der Waals surface area contributed by atoms with Gasteiger partial charge in [0.05, 0.1) is 28.0 Å². The number of nitrogens with zero attached hydrogens (tertiary/aromatic N) is 4. The maximum absolute atomic E-state index is 14.9. The van der Waals surface area contributed by atoms with Gasteiger partial charge in [-0.3, -0.25) is 29.1 Å². The summed E-state index contributed by atoms with van der Waals surface area (Å²) in [5.74, 6) is -8.34. The highest BCUT2D eigenvalue weighted by molar-refractivity contribution is 7.22. The van der Waals surface area contributed by atoms with E-state index in [1.807, 2.05) is 25.1 Å². The number of thiophene rings is 1. The molecule has 2 aromatic heterocycles. The number of benzene rings is 2. The molecule has 6 atom stereocenters. The third kappa shape index (κ3) is 3.89. The second-order valence-corrected chi connectivity index (χ2v) is 14.5. The number of imide groups is 2. The van der Waals surface area contributed by atoms with Crippen LogP contribution < -0.4 is 4.90 Å². The molecule has 2 saturated heterocycles. The van der Waals surface area contributed by atoms with Gasteiger partial charge >= 0.3 is 0 Å². The lowest BCUT2D eigenvalue weighted by Crippen LogP contribution is -2.48. The van der Waals surface area contributed by atoms with Crippen molar-refractivity contribution in [1.29, 1.82) is 0 Å². The van der Waals surface area contributed by atoms with E-state index >= 15 is 0 Å². The average molecular weight is 675 g/mol. The van der Waals surface area contributed by atoms with Crippen LogP contribution in [-0.4, -0.2) is 48.8 Å². The fourth-order valence-electron chi connectivity index (χ4n) is 8.54. The minimum Gasteiger partial charge on any atom is -0.505 e. The predicted molar refractivity (Wildman–Crippen MR) is 170 cm³/mol. The smallest absolute Gasteiger partial charge is 0.257 e. The molecular formula is C34H28ClFN4O6S. The van der Waals surface area contributed by atoms with Crippen molar-refractivity contribution in [2.75, 3.05) is 4.90 Å². The molecule has 6 unspecified atom stereocenters. The fourth-order valence-corrected chi connectivity index (χ4v) is 9.86. The Labute approximate surface area is 276 Å². The second-order valence-electron chi connectivity index (χ2n) is 13.0. The lowest BCUT2D eigenvalue weighted by molar-refractivity contribution is -0.173. The van der Waals surface area contributed by atoms with Crippen LogP contribution in [0.2, 0.25) is 5.02 Å². The van der Waals surface area contributed by atoms with Crippen LogP contribution in [0.4, 0.5) is 10.2 Å². The zero-order valence-electron chi connectivity index (χ0n) is 25.4. The summed E-state index contributed by atoms with van der Waals surface area (Å²) < 4.78 is 17.4. The van der Waals surface area contributed by atoms with Gasteiger partial charge in [-0.15, -0.1) is 11.3 Å². The van der Waals surface area contributed by atoms with Crippen LogP contribution in [0.25, 0.3) is 20.7 Å². The Morgan fingerprint density at radius 3 is 2.60 bits per heavy atom. The second kappa shape index (κ2) is 10.1. The molecule has 3 fully saturated rings. The van der Waals surface area contributed by atoms with Crippen molar-refractivity contribution in [3.05, 3.63) is 76.1 Å². The molecule has 2 N–H and O–H groups in total. The number of para-hydroxylation sites is 1. The van der Waals surface area contributed by atoms with Crippen LogP contribution in [-0.2, 0) is 26.2 Å². The Morgan fingerprint density at radius 2 is 1.83 bits per heavy atom. The van der Waals surface area contributed by atoms with Crippen LogP contribution in [0, 0.1) is 41.8 Å². The number of allylic oxidation sites excluding steroid dienone is 2. The van der Waals surface area contributed by atoms with Gasteiger partial charge < -0.3 is 5.11 Å². The van der Waals surface area contributed by atoms with Crippen molar-refractivity contribution >= 4 is 62.5 Å². The van der Waals surface area contributed by atoms with E-state index in [2.05, 4.69) is 5.10 Å². The lowest BCUT2D eigenvalue weighted by atomic mass is 9.51. The van der Waals surface area contributed by atoms with Crippen molar-refractivity contribution in [2.24, 2.45) is 36.1 Å². The van der Waals surface area contributed by atoms with E-state index in [-0.39, 0.29) is 29.3 Å².